The van der Waals surface area contributed by atoms with Gasteiger partial charge in [-0.1, -0.05) is 48.5 Å². The summed E-state index contributed by atoms with van der Waals surface area (Å²) < 4.78 is 1.94. The molecule has 0 radical (unpaired) electrons. The van der Waals surface area contributed by atoms with Crippen molar-refractivity contribution in [3.63, 3.8) is 0 Å². The molecule has 1 amide bonds. The van der Waals surface area contributed by atoms with Gasteiger partial charge in [0.2, 0.25) is 5.91 Å². The van der Waals surface area contributed by atoms with E-state index in [1.165, 1.54) is 16.5 Å². The summed E-state index contributed by atoms with van der Waals surface area (Å²) in [6.45, 7) is 4.63. The Kier molecular flexibility index (Phi) is 4.98. The van der Waals surface area contributed by atoms with E-state index in [1.54, 1.807) is 0 Å². The minimum Gasteiger partial charge on any atom is -0.361 e. The van der Waals surface area contributed by atoms with Crippen molar-refractivity contribution in [2.24, 2.45) is 0 Å². The molecule has 0 aliphatic carbocycles. The smallest absolute Gasteiger partial charge is 0.224 e. The predicted molar refractivity (Wildman–Crippen MR) is 112 cm³/mol. The number of rotatable bonds is 6. The zero-order valence-corrected chi connectivity index (χ0v) is 16.2. The predicted octanol–water partition coefficient (Wildman–Crippen LogP) is 4.60. The van der Waals surface area contributed by atoms with Gasteiger partial charge in [0.15, 0.2) is 0 Å². The summed E-state index contributed by atoms with van der Waals surface area (Å²) in [5, 5.41) is 8.85. The molecule has 2 heterocycles. The average molecular weight is 372 g/mol. The second-order valence-electron chi connectivity index (χ2n) is 7.10. The first-order valence-electron chi connectivity index (χ1n) is 9.54. The molecule has 0 aliphatic heterocycles. The molecule has 0 unspecified atom stereocenters. The summed E-state index contributed by atoms with van der Waals surface area (Å²) in [6, 6.07) is 18.4. The second-order valence-corrected chi connectivity index (χ2v) is 7.10. The maximum absolute atomic E-state index is 12.6. The normalized spacial score (nSPS) is 11.1. The fourth-order valence-corrected chi connectivity index (χ4v) is 3.58. The number of hydrogen-bond donors (Lipinski definition) is 2. The van der Waals surface area contributed by atoms with Crippen LogP contribution in [0.3, 0.4) is 0 Å². The molecular weight excluding hydrogens is 348 g/mol. The maximum atomic E-state index is 12.6. The van der Waals surface area contributed by atoms with Gasteiger partial charge in [0.25, 0.3) is 0 Å². The highest BCUT2D eigenvalue weighted by Gasteiger charge is 2.15. The van der Waals surface area contributed by atoms with Gasteiger partial charge in [-0.3, -0.25) is 9.48 Å². The molecule has 2 aromatic carbocycles. The molecule has 2 aromatic heterocycles. The van der Waals surface area contributed by atoms with Crippen molar-refractivity contribution >= 4 is 22.5 Å². The van der Waals surface area contributed by atoms with Gasteiger partial charge >= 0.3 is 0 Å². The number of carbonyl (C=O) groups is 1. The lowest BCUT2D eigenvalue weighted by Crippen LogP contribution is -2.13. The molecule has 142 valence electrons. The van der Waals surface area contributed by atoms with Crippen LogP contribution in [0.15, 0.2) is 60.8 Å². The average Bonchev–Trinajstić information content (AvgIpc) is 3.23. The quantitative estimate of drug-likeness (QED) is 0.519. The third-order valence-electron chi connectivity index (χ3n) is 5.12. The minimum absolute atomic E-state index is 0.00995. The van der Waals surface area contributed by atoms with E-state index in [2.05, 4.69) is 33.6 Å². The van der Waals surface area contributed by atoms with Gasteiger partial charge in [0.05, 0.1) is 23.6 Å². The standard InChI is InChI=1S/C23H24N4O/c1-16-23(17(2)27(26-16)15-18-8-4-3-5-9-18)25-22(28)13-12-19-14-24-21-11-7-6-10-20(19)21/h3-11,14,24H,12-13,15H2,1-2H3,(H,25,28). The molecule has 5 nitrogen and oxygen atoms in total. The Morgan fingerprint density at radius 1 is 1.07 bits per heavy atom. The monoisotopic (exact) mass is 372 g/mol. The van der Waals surface area contributed by atoms with Crippen LogP contribution >= 0.6 is 0 Å². The van der Waals surface area contributed by atoms with E-state index in [-0.39, 0.29) is 5.91 Å². The summed E-state index contributed by atoms with van der Waals surface area (Å²) >= 11 is 0. The van der Waals surface area contributed by atoms with Gasteiger partial charge in [-0.2, -0.15) is 5.10 Å². The zero-order valence-electron chi connectivity index (χ0n) is 16.2. The number of H-pyrrole nitrogens is 1. The van der Waals surface area contributed by atoms with Gasteiger partial charge in [-0.25, -0.2) is 0 Å². The van der Waals surface area contributed by atoms with Gasteiger partial charge in [0, 0.05) is 23.5 Å². The molecular formula is C23H24N4O. The zero-order chi connectivity index (χ0) is 19.5. The number of nitrogens with one attached hydrogen (secondary N) is 2. The highest BCUT2D eigenvalue weighted by Crippen LogP contribution is 2.22. The highest BCUT2D eigenvalue weighted by molar-refractivity contribution is 5.92. The van der Waals surface area contributed by atoms with Gasteiger partial charge in [0.1, 0.15) is 0 Å². The Balaban J connectivity index is 1.43. The Labute approximate surface area is 164 Å². The van der Waals surface area contributed by atoms with Crippen molar-refractivity contribution < 1.29 is 4.79 Å². The van der Waals surface area contributed by atoms with Crippen LogP contribution in [0.25, 0.3) is 10.9 Å². The Morgan fingerprint density at radius 2 is 1.82 bits per heavy atom. The first-order valence-corrected chi connectivity index (χ1v) is 9.54. The molecule has 0 aliphatic rings. The number of amides is 1. The molecule has 2 N–H and O–H groups in total. The van der Waals surface area contributed by atoms with E-state index in [0.717, 1.165) is 22.6 Å². The third-order valence-corrected chi connectivity index (χ3v) is 5.12. The Morgan fingerprint density at radius 3 is 2.64 bits per heavy atom. The number of aryl methyl sites for hydroxylation is 2. The van der Waals surface area contributed by atoms with Crippen LogP contribution in [-0.2, 0) is 17.8 Å². The second kappa shape index (κ2) is 7.72. The van der Waals surface area contributed by atoms with Gasteiger partial charge < -0.3 is 10.3 Å². The number of anilines is 1. The summed E-state index contributed by atoms with van der Waals surface area (Å²) in [5.41, 5.74) is 6.09. The van der Waals surface area contributed by atoms with Gasteiger partial charge in [-0.15, -0.1) is 0 Å². The molecule has 0 atom stereocenters. The third kappa shape index (κ3) is 3.69. The number of fused-ring (bicyclic) bond motifs is 1. The number of benzene rings is 2. The summed E-state index contributed by atoms with van der Waals surface area (Å²) in [4.78, 5) is 15.8. The molecule has 0 saturated heterocycles. The maximum Gasteiger partial charge on any atom is 0.224 e. The van der Waals surface area contributed by atoms with Crippen LogP contribution in [0.1, 0.15) is 28.9 Å². The molecule has 0 bridgehead atoms. The van der Waals surface area contributed by atoms with Crippen LogP contribution in [0.2, 0.25) is 0 Å². The number of nitrogens with zero attached hydrogens (tertiary/aromatic N) is 2. The lowest BCUT2D eigenvalue weighted by Gasteiger charge is -2.07. The van der Waals surface area contributed by atoms with Crippen molar-refractivity contribution in [3.05, 3.63) is 83.3 Å². The van der Waals surface area contributed by atoms with Crippen LogP contribution in [-0.4, -0.2) is 20.7 Å². The van der Waals surface area contributed by atoms with Crippen LogP contribution in [0, 0.1) is 13.8 Å². The Bertz CT molecular complexity index is 1110. The number of aromatic amines is 1. The SMILES string of the molecule is Cc1nn(Cc2ccccc2)c(C)c1NC(=O)CCc1c[nH]c2ccccc12. The number of carbonyl (C=O) groups excluding carboxylic acids is 1. The van der Waals surface area contributed by atoms with Crippen molar-refractivity contribution in [2.75, 3.05) is 5.32 Å². The number of aromatic nitrogens is 3. The van der Waals surface area contributed by atoms with E-state index in [1.807, 2.05) is 61.1 Å². The molecule has 4 rings (SSSR count). The minimum atomic E-state index is 0.00995. The molecule has 4 aromatic rings. The Hall–Kier alpha value is -3.34. The summed E-state index contributed by atoms with van der Waals surface area (Å²) in [6.07, 6.45) is 3.13. The van der Waals surface area contributed by atoms with E-state index in [9.17, 15) is 4.79 Å². The van der Waals surface area contributed by atoms with E-state index in [0.29, 0.717) is 19.4 Å². The summed E-state index contributed by atoms with van der Waals surface area (Å²) in [5.74, 6) is 0.00995. The van der Waals surface area contributed by atoms with Crippen LogP contribution in [0.5, 0.6) is 0 Å². The molecule has 5 heteroatoms. The topological polar surface area (TPSA) is 62.7 Å². The number of hydrogen-bond acceptors (Lipinski definition) is 2. The fraction of sp³-hybridized carbons (Fsp3) is 0.217. The van der Waals surface area contributed by atoms with E-state index >= 15 is 0 Å². The molecule has 28 heavy (non-hydrogen) atoms. The van der Waals surface area contributed by atoms with Crippen molar-refractivity contribution in [1.29, 1.82) is 0 Å². The lowest BCUT2D eigenvalue weighted by molar-refractivity contribution is -0.116. The first kappa shape index (κ1) is 18.0. The highest BCUT2D eigenvalue weighted by atomic mass is 16.1. The van der Waals surface area contributed by atoms with Crippen molar-refractivity contribution in [2.45, 2.75) is 33.2 Å². The van der Waals surface area contributed by atoms with Crippen molar-refractivity contribution in [1.82, 2.24) is 14.8 Å². The summed E-state index contributed by atoms with van der Waals surface area (Å²) in [7, 11) is 0. The fourth-order valence-electron chi connectivity index (χ4n) is 3.58. The molecule has 0 spiro atoms. The van der Waals surface area contributed by atoms with E-state index in [4.69, 9.17) is 0 Å². The largest absolute Gasteiger partial charge is 0.361 e. The van der Waals surface area contributed by atoms with Crippen molar-refractivity contribution in [3.8, 4) is 0 Å². The molecule has 0 saturated carbocycles. The first-order chi connectivity index (χ1) is 13.6. The molecule has 0 fully saturated rings. The van der Waals surface area contributed by atoms with Crippen LogP contribution in [0.4, 0.5) is 5.69 Å². The van der Waals surface area contributed by atoms with E-state index < -0.39 is 0 Å². The number of para-hydroxylation sites is 1. The van der Waals surface area contributed by atoms with Gasteiger partial charge in [-0.05, 0) is 37.5 Å². The lowest BCUT2D eigenvalue weighted by atomic mass is 10.1. The van der Waals surface area contributed by atoms with Crippen LogP contribution < -0.4 is 5.32 Å².